The summed E-state index contributed by atoms with van der Waals surface area (Å²) < 4.78 is 0. The zero-order valence-corrected chi connectivity index (χ0v) is 7.46. The predicted molar refractivity (Wildman–Crippen MR) is 42.5 cm³/mol. The maximum absolute atomic E-state index is 11.2. The first-order chi connectivity index (χ1) is 5.46. The van der Waals surface area contributed by atoms with Gasteiger partial charge in [-0.05, 0) is 20.8 Å². The van der Waals surface area contributed by atoms with E-state index in [2.05, 4.69) is 0 Å². The number of carbonyl (C=O) groups is 3. The monoisotopic (exact) mass is 168 g/mol. The van der Waals surface area contributed by atoms with Crippen LogP contribution in [0.3, 0.4) is 0 Å². The summed E-state index contributed by atoms with van der Waals surface area (Å²) in [6, 6.07) is 0. The van der Waals surface area contributed by atoms with Crippen LogP contribution in [0.4, 0.5) is 0 Å². The summed E-state index contributed by atoms with van der Waals surface area (Å²) in [4.78, 5) is 33.7. The predicted octanol–water partition coefficient (Wildman–Crippen LogP) is 0.616. The van der Waals surface area contributed by atoms with Crippen LogP contribution in [0.1, 0.15) is 20.8 Å². The van der Waals surface area contributed by atoms with Gasteiger partial charge >= 0.3 is 0 Å². The summed E-state index contributed by atoms with van der Waals surface area (Å²) in [6.45, 7) is 4.72. The van der Waals surface area contributed by atoms with Gasteiger partial charge < -0.3 is 0 Å². The second kappa shape index (κ2) is 2.81. The second-order valence-corrected chi connectivity index (χ2v) is 3.37. The van der Waals surface area contributed by atoms with E-state index in [9.17, 15) is 14.4 Å². The van der Waals surface area contributed by atoms with Crippen molar-refractivity contribution in [3.05, 3.63) is 0 Å². The van der Waals surface area contributed by atoms with Crippen LogP contribution in [0.15, 0.2) is 0 Å². The second-order valence-electron chi connectivity index (χ2n) is 3.37. The maximum Gasteiger partial charge on any atom is 0.153 e. The van der Waals surface area contributed by atoms with Crippen molar-refractivity contribution >= 4 is 17.3 Å². The highest BCUT2D eigenvalue weighted by atomic mass is 16.2. The zero-order valence-electron chi connectivity index (χ0n) is 7.46. The Morgan fingerprint density at radius 2 is 0.833 bits per heavy atom. The summed E-state index contributed by atoms with van der Waals surface area (Å²) in [5.74, 6) is -2.47. The summed E-state index contributed by atoms with van der Waals surface area (Å²) in [5.41, 5.74) is 0. The Hall–Kier alpha value is -0.990. The van der Waals surface area contributed by atoms with Gasteiger partial charge in [-0.3, -0.25) is 14.4 Å². The van der Waals surface area contributed by atoms with E-state index >= 15 is 0 Å². The van der Waals surface area contributed by atoms with Crippen LogP contribution in [0.25, 0.3) is 0 Å². The van der Waals surface area contributed by atoms with Gasteiger partial charge in [0, 0.05) is 0 Å². The zero-order chi connectivity index (χ0) is 9.46. The molecule has 1 aliphatic carbocycles. The number of ketones is 3. The number of Topliss-reactive ketones (excluding diaryl/α,β-unsaturated/α-hetero) is 3. The Balaban J connectivity index is 2.99. The minimum atomic E-state index is -0.590. The molecule has 0 bridgehead atoms. The standard InChI is InChI=1S/C9H12O3/c1-4-7(10)5(2)9(12)6(3)8(4)11/h4-6H,1-3H3. The average Bonchev–Trinajstić information content (AvgIpc) is 2.08. The molecule has 1 rings (SSSR count). The van der Waals surface area contributed by atoms with Gasteiger partial charge in [-0.1, -0.05) is 0 Å². The van der Waals surface area contributed by atoms with E-state index in [0.29, 0.717) is 0 Å². The van der Waals surface area contributed by atoms with E-state index < -0.39 is 17.8 Å². The molecule has 0 amide bonds. The lowest BCUT2D eigenvalue weighted by molar-refractivity contribution is -0.148. The molecule has 66 valence electrons. The minimum Gasteiger partial charge on any atom is -0.298 e. The molecule has 0 aromatic heterocycles. The third-order valence-electron chi connectivity index (χ3n) is 2.56. The van der Waals surface area contributed by atoms with Crippen molar-refractivity contribution in [2.75, 3.05) is 0 Å². The van der Waals surface area contributed by atoms with E-state index in [1.807, 2.05) is 0 Å². The highest BCUT2D eigenvalue weighted by Crippen LogP contribution is 2.23. The van der Waals surface area contributed by atoms with Crippen molar-refractivity contribution in [1.29, 1.82) is 0 Å². The lowest BCUT2D eigenvalue weighted by atomic mass is 9.74. The van der Waals surface area contributed by atoms with Crippen LogP contribution >= 0.6 is 0 Å². The lowest BCUT2D eigenvalue weighted by Gasteiger charge is -2.25. The largest absolute Gasteiger partial charge is 0.298 e. The molecule has 0 saturated heterocycles. The molecule has 0 aromatic carbocycles. The molecule has 1 aliphatic rings. The average molecular weight is 168 g/mol. The molecule has 0 aromatic rings. The fourth-order valence-corrected chi connectivity index (χ4v) is 1.55. The molecule has 0 unspecified atom stereocenters. The van der Waals surface area contributed by atoms with E-state index in [1.165, 1.54) is 0 Å². The molecule has 0 atom stereocenters. The summed E-state index contributed by atoms with van der Waals surface area (Å²) in [7, 11) is 0. The van der Waals surface area contributed by atoms with Gasteiger partial charge in [0.15, 0.2) is 17.3 Å². The fourth-order valence-electron chi connectivity index (χ4n) is 1.55. The SMILES string of the molecule is CC1C(=O)C(C)C(=O)C(C)C1=O. The number of rotatable bonds is 0. The Kier molecular flexibility index (Phi) is 2.13. The van der Waals surface area contributed by atoms with Gasteiger partial charge in [0.2, 0.25) is 0 Å². The normalized spacial score (nSPS) is 37.2. The Morgan fingerprint density at radius 3 is 1.00 bits per heavy atom. The van der Waals surface area contributed by atoms with Gasteiger partial charge in [-0.2, -0.15) is 0 Å². The topological polar surface area (TPSA) is 51.2 Å². The quantitative estimate of drug-likeness (QED) is 0.498. The highest BCUT2D eigenvalue weighted by molar-refractivity contribution is 6.23. The van der Waals surface area contributed by atoms with E-state index in [-0.39, 0.29) is 17.3 Å². The van der Waals surface area contributed by atoms with Crippen LogP contribution in [0, 0.1) is 17.8 Å². The molecule has 12 heavy (non-hydrogen) atoms. The molecular weight excluding hydrogens is 156 g/mol. The van der Waals surface area contributed by atoms with Crippen LogP contribution in [0.2, 0.25) is 0 Å². The number of hydrogen-bond donors (Lipinski definition) is 0. The summed E-state index contributed by atoms with van der Waals surface area (Å²) in [5, 5.41) is 0. The molecule has 0 radical (unpaired) electrons. The Morgan fingerprint density at radius 1 is 0.667 bits per heavy atom. The van der Waals surface area contributed by atoms with Gasteiger partial charge in [-0.25, -0.2) is 0 Å². The van der Waals surface area contributed by atoms with Gasteiger partial charge in [0.05, 0.1) is 17.8 Å². The fraction of sp³-hybridized carbons (Fsp3) is 0.667. The number of carbonyl (C=O) groups excluding carboxylic acids is 3. The van der Waals surface area contributed by atoms with Gasteiger partial charge in [0.1, 0.15) is 0 Å². The van der Waals surface area contributed by atoms with E-state index in [0.717, 1.165) is 0 Å². The third kappa shape index (κ3) is 1.09. The van der Waals surface area contributed by atoms with Gasteiger partial charge in [0.25, 0.3) is 0 Å². The van der Waals surface area contributed by atoms with E-state index in [1.54, 1.807) is 20.8 Å². The molecule has 3 nitrogen and oxygen atoms in total. The molecule has 1 saturated carbocycles. The summed E-state index contributed by atoms with van der Waals surface area (Å²) in [6.07, 6.45) is 0. The molecular formula is C9H12O3. The lowest BCUT2D eigenvalue weighted by Crippen LogP contribution is -2.44. The molecule has 0 N–H and O–H groups in total. The van der Waals surface area contributed by atoms with E-state index in [4.69, 9.17) is 0 Å². The van der Waals surface area contributed by atoms with Crippen molar-refractivity contribution < 1.29 is 14.4 Å². The maximum atomic E-state index is 11.2. The van der Waals surface area contributed by atoms with Crippen molar-refractivity contribution in [1.82, 2.24) is 0 Å². The smallest absolute Gasteiger partial charge is 0.153 e. The highest BCUT2D eigenvalue weighted by Gasteiger charge is 2.42. The Bertz CT molecular complexity index is 194. The minimum absolute atomic E-state index is 0.233. The van der Waals surface area contributed by atoms with Crippen LogP contribution < -0.4 is 0 Å². The molecule has 0 spiro atoms. The van der Waals surface area contributed by atoms with Crippen molar-refractivity contribution in [3.8, 4) is 0 Å². The van der Waals surface area contributed by atoms with Crippen molar-refractivity contribution in [3.63, 3.8) is 0 Å². The van der Waals surface area contributed by atoms with Crippen LogP contribution in [-0.4, -0.2) is 17.3 Å². The van der Waals surface area contributed by atoms with Crippen LogP contribution in [0.5, 0.6) is 0 Å². The molecule has 0 heterocycles. The van der Waals surface area contributed by atoms with Gasteiger partial charge in [-0.15, -0.1) is 0 Å². The first-order valence-corrected chi connectivity index (χ1v) is 4.08. The Labute approximate surface area is 71.1 Å². The summed E-state index contributed by atoms with van der Waals surface area (Å²) >= 11 is 0. The third-order valence-corrected chi connectivity index (χ3v) is 2.56. The molecule has 1 fully saturated rings. The number of hydrogen-bond acceptors (Lipinski definition) is 3. The first-order valence-electron chi connectivity index (χ1n) is 4.08. The van der Waals surface area contributed by atoms with Crippen LogP contribution in [-0.2, 0) is 14.4 Å². The first kappa shape index (κ1) is 9.10. The van der Waals surface area contributed by atoms with Crippen molar-refractivity contribution in [2.24, 2.45) is 17.8 Å². The van der Waals surface area contributed by atoms with Crippen molar-refractivity contribution in [2.45, 2.75) is 20.8 Å². The molecule has 3 heteroatoms. The molecule has 0 aliphatic heterocycles.